The molecule has 1 nitrogen and oxygen atoms in total. The highest BCUT2D eigenvalue weighted by Crippen LogP contribution is 2.66. The number of hydrogen-bond acceptors (Lipinski definition) is 2. The van der Waals surface area contributed by atoms with Gasteiger partial charge in [0.05, 0.1) is 12.7 Å². The van der Waals surface area contributed by atoms with E-state index in [9.17, 15) is 0 Å². The van der Waals surface area contributed by atoms with E-state index in [1.807, 2.05) is 0 Å². The zero-order valence-corrected chi connectivity index (χ0v) is 14.5. The maximum atomic E-state index is 6.56. The molecule has 20 heavy (non-hydrogen) atoms. The van der Waals surface area contributed by atoms with E-state index >= 15 is 0 Å². The largest absolute Gasteiger partial charge is 0.377 e. The van der Waals surface area contributed by atoms with Gasteiger partial charge >= 0.3 is 0 Å². The van der Waals surface area contributed by atoms with Crippen molar-refractivity contribution in [1.82, 2.24) is 0 Å². The fourth-order valence-electron chi connectivity index (χ4n) is 5.31. The van der Waals surface area contributed by atoms with E-state index in [0.29, 0.717) is 22.3 Å². The average molecular weight is 297 g/mol. The third-order valence-corrected chi connectivity index (χ3v) is 8.23. The van der Waals surface area contributed by atoms with Crippen LogP contribution in [-0.2, 0) is 4.74 Å². The molecular formula is C18H32OS. The van der Waals surface area contributed by atoms with Gasteiger partial charge in [0.1, 0.15) is 0 Å². The minimum absolute atomic E-state index is 0.379. The van der Waals surface area contributed by atoms with Gasteiger partial charge < -0.3 is 4.74 Å². The van der Waals surface area contributed by atoms with Gasteiger partial charge in [-0.15, -0.1) is 0 Å². The predicted molar refractivity (Wildman–Crippen MR) is 88.3 cm³/mol. The molecule has 0 aliphatic heterocycles. The van der Waals surface area contributed by atoms with Crippen LogP contribution in [0.1, 0.15) is 72.1 Å². The highest BCUT2D eigenvalue weighted by molar-refractivity contribution is 7.80. The van der Waals surface area contributed by atoms with Gasteiger partial charge in [0, 0.05) is 5.41 Å². The molecular weight excluding hydrogens is 264 g/mol. The van der Waals surface area contributed by atoms with Crippen molar-refractivity contribution in [2.24, 2.45) is 22.2 Å². The fourth-order valence-corrected chi connectivity index (χ4v) is 5.72. The minimum Gasteiger partial charge on any atom is -0.377 e. The van der Waals surface area contributed by atoms with Crippen LogP contribution in [0.25, 0.3) is 0 Å². The van der Waals surface area contributed by atoms with Crippen molar-refractivity contribution in [1.29, 1.82) is 0 Å². The maximum absolute atomic E-state index is 6.56. The van der Waals surface area contributed by atoms with Crippen LogP contribution in [0.4, 0.5) is 0 Å². The van der Waals surface area contributed by atoms with Crippen LogP contribution >= 0.6 is 12.6 Å². The monoisotopic (exact) mass is 296 g/mol. The average Bonchev–Trinajstić information content (AvgIpc) is 2.79. The minimum atomic E-state index is 0.379. The van der Waals surface area contributed by atoms with Crippen molar-refractivity contribution in [3.63, 3.8) is 0 Å². The molecule has 0 spiro atoms. The second-order valence-corrected chi connectivity index (χ2v) is 8.95. The maximum Gasteiger partial charge on any atom is 0.0637 e. The fraction of sp³-hybridized carbons (Fsp3) is 1.00. The lowest BCUT2D eigenvalue weighted by atomic mass is 9.70. The summed E-state index contributed by atoms with van der Waals surface area (Å²) in [5.41, 5.74) is 1.26. The molecule has 0 N–H and O–H groups in total. The number of thiol groups is 1. The van der Waals surface area contributed by atoms with Gasteiger partial charge in [-0.25, -0.2) is 0 Å². The third-order valence-electron chi connectivity index (χ3n) is 7.55. The first-order valence-corrected chi connectivity index (χ1v) is 9.29. The Morgan fingerprint density at radius 1 is 1.05 bits per heavy atom. The summed E-state index contributed by atoms with van der Waals surface area (Å²) in [5.74, 6) is 1.89. The molecule has 0 heterocycles. The SMILES string of the molecule is CC1(C)C2CCC1(C)C(OCC1(CS)CCCCC1)C2. The van der Waals surface area contributed by atoms with Crippen LogP contribution in [0, 0.1) is 22.2 Å². The van der Waals surface area contributed by atoms with Gasteiger partial charge in [0.15, 0.2) is 0 Å². The molecule has 0 aromatic rings. The van der Waals surface area contributed by atoms with Crippen LogP contribution < -0.4 is 0 Å². The second kappa shape index (κ2) is 5.19. The summed E-state index contributed by atoms with van der Waals surface area (Å²) in [6, 6.07) is 0. The molecule has 3 aliphatic carbocycles. The first kappa shape index (κ1) is 15.2. The lowest BCUT2D eigenvalue weighted by molar-refractivity contribution is -0.0807. The summed E-state index contributed by atoms with van der Waals surface area (Å²) in [6.45, 7) is 8.39. The Hall–Kier alpha value is 0.310. The van der Waals surface area contributed by atoms with Gasteiger partial charge in [0.25, 0.3) is 0 Å². The van der Waals surface area contributed by atoms with Crippen LogP contribution in [0.2, 0.25) is 0 Å². The highest BCUT2D eigenvalue weighted by Gasteiger charge is 2.62. The van der Waals surface area contributed by atoms with Crippen molar-refractivity contribution >= 4 is 12.6 Å². The topological polar surface area (TPSA) is 9.23 Å². The number of ether oxygens (including phenoxy) is 1. The molecule has 3 unspecified atom stereocenters. The van der Waals surface area contributed by atoms with Gasteiger partial charge in [0.2, 0.25) is 0 Å². The molecule has 0 saturated heterocycles. The molecule has 0 radical (unpaired) electrons. The zero-order valence-electron chi connectivity index (χ0n) is 13.6. The van der Waals surface area contributed by atoms with E-state index in [2.05, 4.69) is 33.4 Å². The van der Waals surface area contributed by atoms with Crippen molar-refractivity contribution < 1.29 is 4.74 Å². The number of fused-ring (bicyclic) bond motifs is 2. The van der Waals surface area contributed by atoms with E-state index in [-0.39, 0.29) is 0 Å². The molecule has 2 bridgehead atoms. The Balaban J connectivity index is 1.65. The third kappa shape index (κ3) is 2.17. The number of hydrogen-bond donors (Lipinski definition) is 1. The molecule has 3 rings (SSSR count). The quantitative estimate of drug-likeness (QED) is 0.710. The van der Waals surface area contributed by atoms with E-state index in [4.69, 9.17) is 4.74 Å². The summed E-state index contributed by atoms with van der Waals surface area (Å²) in [4.78, 5) is 0. The van der Waals surface area contributed by atoms with Crippen LogP contribution in [-0.4, -0.2) is 18.5 Å². The van der Waals surface area contributed by atoms with Crippen molar-refractivity contribution in [3.8, 4) is 0 Å². The molecule has 3 aliphatic rings. The molecule has 3 saturated carbocycles. The molecule has 3 atom stereocenters. The normalized spacial score (nSPS) is 42.0. The van der Waals surface area contributed by atoms with Crippen molar-refractivity contribution in [3.05, 3.63) is 0 Å². The Kier molecular flexibility index (Phi) is 3.95. The molecule has 0 aromatic heterocycles. The van der Waals surface area contributed by atoms with E-state index < -0.39 is 0 Å². The smallest absolute Gasteiger partial charge is 0.0637 e. The van der Waals surface area contributed by atoms with Crippen molar-refractivity contribution in [2.75, 3.05) is 12.4 Å². The molecule has 0 amide bonds. The lowest BCUT2D eigenvalue weighted by Crippen LogP contribution is -2.40. The second-order valence-electron chi connectivity index (χ2n) is 8.63. The van der Waals surface area contributed by atoms with Crippen molar-refractivity contribution in [2.45, 2.75) is 78.2 Å². The van der Waals surface area contributed by atoms with Crippen LogP contribution in [0.3, 0.4) is 0 Å². The van der Waals surface area contributed by atoms with Crippen LogP contribution in [0.5, 0.6) is 0 Å². The van der Waals surface area contributed by atoms with E-state index in [1.54, 1.807) is 0 Å². The molecule has 3 fully saturated rings. The van der Waals surface area contributed by atoms with E-state index in [0.717, 1.165) is 18.3 Å². The molecule has 116 valence electrons. The van der Waals surface area contributed by atoms with Gasteiger partial charge in [-0.1, -0.05) is 40.0 Å². The summed E-state index contributed by atoms with van der Waals surface area (Å²) in [6.07, 6.45) is 11.4. The zero-order chi connectivity index (χ0) is 14.4. The summed E-state index contributed by atoms with van der Waals surface area (Å²) < 4.78 is 6.56. The standard InChI is InChI=1S/C18H32OS/c1-16(2)14-7-10-17(16,3)15(11-14)19-12-18(13-20)8-5-4-6-9-18/h14-15,20H,4-13H2,1-3H3. The molecule has 2 heteroatoms. The first-order chi connectivity index (χ1) is 9.44. The summed E-state index contributed by atoms with van der Waals surface area (Å²) in [7, 11) is 0. The Bertz CT molecular complexity index is 358. The van der Waals surface area contributed by atoms with Gasteiger partial charge in [-0.2, -0.15) is 12.6 Å². The predicted octanol–water partition coefficient (Wildman–Crippen LogP) is 5.10. The highest BCUT2D eigenvalue weighted by atomic mass is 32.1. The lowest BCUT2D eigenvalue weighted by Gasteiger charge is -2.42. The Morgan fingerprint density at radius 2 is 1.75 bits per heavy atom. The van der Waals surface area contributed by atoms with E-state index in [1.165, 1.54) is 51.4 Å². The Labute approximate surface area is 130 Å². The van der Waals surface area contributed by atoms with Gasteiger partial charge in [-0.3, -0.25) is 0 Å². The van der Waals surface area contributed by atoms with Gasteiger partial charge in [-0.05, 0) is 54.6 Å². The molecule has 0 aromatic carbocycles. The summed E-state index contributed by atoms with van der Waals surface area (Å²) >= 11 is 4.65. The Morgan fingerprint density at radius 3 is 2.25 bits per heavy atom. The summed E-state index contributed by atoms with van der Waals surface area (Å²) in [5, 5.41) is 0. The first-order valence-electron chi connectivity index (χ1n) is 8.66. The van der Waals surface area contributed by atoms with Crippen LogP contribution in [0.15, 0.2) is 0 Å². The number of rotatable bonds is 4.